The summed E-state index contributed by atoms with van der Waals surface area (Å²) in [6, 6.07) is 12.7. The monoisotopic (exact) mass is 493 g/mol. The molecule has 2 aromatic carbocycles. The number of fused-ring (bicyclic) bond motifs is 2. The summed E-state index contributed by atoms with van der Waals surface area (Å²) >= 11 is 0. The van der Waals surface area contributed by atoms with Gasteiger partial charge >= 0.3 is 0 Å². The van der Waals surface area contributed by atoms with Crippen LogP contribution in [0.5, 0.6) is 11.5 Å². The summed E-state index contributed by atoms with van der Waals surface area (Å²) in [5.74, 6) is 0.558. The lowest BCUT2D eigenvalue weighted by atomic mass is 10.2. The molecule has 0 spiro atoms. The molecule has 4 aromatic rings. The molecule has 180 valence electrons. The van der Waals surface area contributed by atoms with Crippen LogP contribution < -0.4 is 19.5 Å². The zero-order chi connectivity index (χ0) is 24.6. The Balaban J connectivity index is 1.30. The minimum absolute atomic E-state index is 0.0605. The van der Waals surface area contributed by atoms with Crippen LogP contribution in [0.15, 0.2) is 59.6 Å². The highest BCUT2D eigenvalue weighted by Gasteiger charge is 2.20. The van der Waals surface area contributed by atoms with Crippen molar-refractivity contribution in [1.29, 1.82) is 0 Å². The Bertz CT molecular complexity index is 1530. The van der Waals surface area contributed by atoms with Gasteiger partial charge in [-0.25, -0.2) is 17.9 Å². The lowest BCUT2D eigenvalue weighted by Crippen LogP contribution is -2.14. The number of hydrogen-bond acceptors (Lipinski definition) is 7. The van der Waals surface area contributed by atoms with Gasteiger partial charge in [0, 0.05) is 35.2 Å². The van der Waals surface area contributed by atoms with Crippen molar-refractivity contribution in [3.8, 4) is 11.5 Å². The van der Waals surface area contributed by atoms with Crippen molar-refractivity contribution in [2.24, 2.45) is 0 Å². The minimum Gasteiger partial charge on any atom is -0.490 e. The fourth-order valence-corrected chi connectivity index (χ4v) is 4.85. The lowest BCUT2D eigenvalue weighted by molar-refractivity contribution is 0.102. The molecule has 0 unspecified atom stereocenters. The van der Waals surface area contributed by atoms with Gasteiger partial charge in [0.05, 0.1) is 24.3 Å². The molecule has 3 heterocycles. The largest absolute Gasteiger partial charge is 0.490 e. The van der Waals surface area contributed by atoms with Crippen LogP contribution in [0.3, 0.4) is 0 Å². The van der Waals surface area contributed by atoms with Gasteiger partial charge in [-0.3, -0.25) is 9.52 Å². The molecule has 0 saturated carbocycles. The number of rotatable bonds is 5. The SMILES string of the molecule is Cc1cc(C)n2ncc(C(=O)Nc3ccc(NS(=O)(=O)c4ccc5c(c4)OCCCO5)cc3)c2n1. The summed E-state index contributed by atoms with van der Waals surface area (Å²) in [7, 11) is -3.85. The number of carbonyl (C=O) groups is 1. The summed E-state index contributed by atoms with van der Waals surface area (Å²) in [5.41, 5.74) is 3.32. The number of benzene rings is 2. The van der Waals surface area contributed by atoms with E-state index in [0.717, 1.165) is 17.8 Å². The Morgan fingerprint density at radius 3 is 2.46 bits per heavy atom. The third-order valence-electron chi connectivity index (χ3n) is 5.45. The highest BCUT2D eigenvalue weighted by Crippen LogP contribution is 2.32. The lowest BCUT2D eigenvalue weighted by Gasteiger charge is -2.12. The van der Waals surface area contributed by atoms with Gasteiger partial charge in [-0.15, -0.1) is 0 Å². The van der Waals surface area contributed by atoms with Crippen LogP contribution in [0, 0.1) is 13.8 Å². The number of aromatic nitrogens is 3. The van der Waals surface area contributed by atoms with Crippen molar-refractivity contribution in [3.05, 3.63) is 71.7 Å². The van der Waals surface area contributed by atoms with Crippen LogP contribution in [-0.2, 0) is 10.0 Å². The average Bonchev–Trinajstić information content (AvgIpc) is 3.10. The average molecular weight is 494 g/mol. The molecule has 0 saturated heterocycles. The van der Waals surface area contributed by atoms with Gasteiger partial charge in [-0.1, -0.05) is 0 Å². The van der Waals surface area contributed by atoms with Crippen LogP contribution >= 0.6 is 0 Å². The van der Waals surface area contributed by atoms with Gasteiger partial charge in [0.2, 0.25) is 0 Å². The summed E-state index contributed by atoms with van der Waals surface area (Å²) in [5, 5.41) is 7.03. The molecular formula is C24H23N5O5S. The summed E-state index contributed by atoms with van der Waals surface area (Å²) in [4.78, 5) is 17.3. The number of sulfonamides is 1. The number of ether oxygens (including phenoxy) is 2. The topological polar surface area (TPSA) is 124 Å². The van der Waals surface area contributed by atoms with Gasteiger partial charge in [0.15, 0.2) is 17.1 Å². The van der Waals surface area contributed by atoms with Gasteiger partial charge in [0.25, 0.3) is 15.9 Å². The van der Waals surface area contributed by atoms with Gasteiger partial charge in [-0.2, -0.15) is 5.10 Å². The van der Waals surface area contributed by atoms with Crippen molar-refractivity contribution in [1.82, 2.24) is 14.6 Å². The maximum Gasteiger partial charge on any atom is 0.262 e. The molecule has 0 atom stereocenters. The maximum atomic E-state index is 12.9. The standard InChI is InChI=1S/C24H23N5O5S/c1-15-12-16(2)29-23(26-15)20(14-25-29)24(30)27-17-4-6-18(7-5-17)28-35(31,32)19-8-9-21-22(13-19)34-11-3-10-33-21/h4-9,12-14,28H,3,10-11H2,1-2H3,(H,27,30). The molecule has 0 aliphatic carbocycles. The number of anilines is 2. The molecule has 1 amide bonds. The number of carbonyl (C=O) groups excluding carboxylic acids is 1. The van der Waals surface area contributed by atoms with Crippen molar-refractivity contribution in [3.63, 3.8) is 0 Å². The quantitative estimate of drug-likeness (QED) is 0.436. The Hall–Kier alpha value is -4.12. The molecule has 5 rings (SSSR count). The Morgan fingerprint density at radius 1 is 0.971 bits per heavy atom. The molecular weight excluding hydrogens is 470 g/mol. The van der Waals surface area contributed by atoms with Crippen molar-refractivity contribution >= 4 is 33.0 Å². The van der Waals surface area contributed by atoms with E-state index in [9.17, 15) is 13.2 Å². The number of amides is 1. The molecule has 2 aromatic heterocycles. The molecule has 35 heavy (non-hydrogen) atoms. The van der Waals surface area contributed by atoms with E-state index in [-0.39, 0.29) is 10.8 Å². The van der Waals surface area contributed by atoms with Crippen molar-refractivity contribution in [2.45, 2.75) is 25.2 Å². The number of nitrogens with one attached hydrogen (secondary N) is 2. The third kappa shape index (κ3) is 4.62. The van der Waals surface area contributed by atoms with Gasteiger partial charge < -0.3 is 14.8 Å². The third-order valence-corrected chi connectivity index (χ3v) is 6.83. The molecule has 2 N–H and O–H groups in total. The van der Waals surface area contributed by atoms with Gasteiger partial charge in [-0.05, 0) is 56.3 Å². The molecule has 11 heteroatoms. The molecule has 0 bridgehead atoms. The first-order chi connectivity index (χ1) is 16.8. The Labute approximate surface area is 202 Å². The van der Waals surface area contributed by atoms with E-state index in [4.69, 9.17) is 9.47 Å². The first-order valence-electron chi connectivity index (χ1n) is 11.0. The number of hydrogen-bond donors (Lipinski definition) is 2. The van der Waals surface area contributed by atoms with Gasteiger partial charge in [0.1, 0.15) is 5.56 Å². The fourth-order valence-electron chi connectivity index (χ4n) is 3.78. The summed E-state index contributed by atoms with van der Waals surface area (Å²) in [6.07, 6.45) is 2.20. The second-order valence-electron chi connectivity index (χ2n) is 8.13. The second-order valence-corrected chi connectivity index (χ2v) is 9.81. The number of aryl methyl sites for hydroxylation is 2. The van der Waals surface area contributed by atoms with E-state index in [2.05, 4.69) is 20.1 Å². The first kappa shape index (κ1) is 22.7. The normalized spacial score (nSPS) is 13.3. The van der Waals surface area contributed by atoms with Crippen molar-refractivity contribution < 1.29 is 22.7 Å². The smallest absolute Gasteiger partial charge is 0.262 e. The van der Waals surface area contributed by atoms with E-state index in [1.807, 2.05) is 19.9 Å². The highest BCUT2D eigenvalue weighted by atomic mass is 32.2. The van der Waals surface area contributed by atoms with Crippen LogP contribution in [0.25, 0.3) is 5.65 Å². The van der Waals surface area contributed by atoms with Crippen LogP contribution in [0.1, 0.15) is 28.2 Å². The van der Waals surface area contributed by atoms with E-state index in [0.29, 0.717) is 47.3 Å². The van der Waals surface area contributed by atoms with E-state index in [1.165, 1.54) is 18.3 Å². The Kier molecular flexibility index (Phi) is 5.77. The van der Waals surface area contributed by atoms with Crippen LogP contribution in [0.2, 0.25) is 0 Å². The predicted octanol–water partition coefficient (Wildman–Crippen LogP) is 3.56. The molecule has 10 nitrogen and oxygen atoms in total. The summed E-state index contributed by atoms with van der Waals surface area (Å²) < 4.78 is 41.1. The number of nitrogens with zero attached hydrogens (tertiary/aromatic N) is 3. The predicted molar refractivity (Wildman–Crippen MR) is 130 cm³/mol. The minimum atomic E-state index is -3.85. The van der Waals surface area contributed by atoms with Crippen LogP contribution in [-0.4, -0.2) is 42.1 Å². The van der Waals surface area contributed by atoms with E-state index < -0.39 is 10.0 Å². The Morgan fingerprint density at radius 2 is 1.69 bits per heavy atom. The molecule has 1 aliphatic rings. The fraction of sp³-hybridized carbons (Fsp3) is 0.208. The highest BCUT2D eigenvalue weighted by molar-refractivity contribution is 7.92. The van der Waals surface area contributed by atoms with Crippen molar-refractivity contribution in [2.75, 3.05) is 23.3 Å². The first-order valence-corrected chi connectivity index (χ1v) is 12.4. The van der Waals surface area contributed by atoms with E-state index >= 15 is 0 Å². The van der Waals surface area contributed by atoms with Crippen LogP contribution in [0.4, 0.5) is 11.4 Å². The molecule has 0 fully saturated rings. The van der Waals surface area contributed by atoms with E-state index in [1.54, 1.807) is 34.8 Å². The molecule has 1 aliphatic heterocycles. The molecule has 0 radical (unpaired) electrons. The zero-order valence-electron chi connectivity index (χ0n) is 19.1. The second kappa shape index (κ2) is 8.91. The maximum absolute atomic E-state index is 12.9. The summed E-state index contributed by atoms with van der Waals surface area (Å²) in [6.45, 7) is 4.73. The zero-order valence-corrected chi connectivity index (χ0v) is 19.9.